The van der Waals surface area contributed by atoms with Crippen LogP contribution < -0.4 is 0 Å². The summed E-state index contributed by atoms with van der Waals surface area (Å²) in [5.74, 6) is 0. The molecule has 0 saturated carbocycles. The minimum absolute atomic E-state index is 0.861. The van der Waals surface area contributed by atoms with Crippen molar-refractivity contribution >= 4 is 0 Å². The maximum atomic E-state index is 12.2. The number of alkyl halides is 4. The Labute approximate surface area is 57.2 Å². The SMILES string of the molecule is CC(F)C(F)C(F)C(C)F. The fourth-order valence-electron chi connectivity index (χ4n) is 0.507. The van der Waals surface area contributed by atoms with Crippen molar-refractivity contribution in [2.75, 3.05) is 0 Å². The standard InChI is InChI=1S/C6H10F4/c1-3(7)5(9)6(10)4(2)8/h3-6H,1-2H3. The first-order valence-corrected chi connectivity index (χ1v) is 3.03. The molecule has 0 aliphatic heterocycles. The molecular formula is C6H10F4. The van der Waals surface area contributed by atoms with Crippen LogP contribution in [-0.2, 0) is 0 Å². The Balaban J connectivity index is 3.81. The zero-order chi connectivity index (χ0) is 8.31. The average molecular weight is 158 g/mol. The van der Waals surface area contributed by atoms with Crippen LogP contribution in [0.1, 0.15) is 13.8 Å². The third-order valence-electron chi connectivity index (χ3n) is 1.18. The lowest BCUT2D eigenvalue weighted by molar-refractivity contribution is 0.0453. The fourth-order valence-corrected chi connectivity index (χ4v) is 0.507. The van der Waals surface area contributed by atoms with E-state index in [4.69, 9.17) is 0 Å². The van der Waals surface area contributed by atoms with E-state index in [-0.39, 0.29) is 0 Å². The van der Waals surface area contributed by atoms with Crippen molar-refractivity contribution in [1.82, 2.24) is 0 Å². The third kappa shape index (κ3) is 2.54. The summed E-state index contributed by atoms with van der Waals surface area (Å²) in [4.78, 5) is 0. The molecule has 0 spiro atoms. The highest BCUT2D eigenvalue weighted by molar-refractivity contribution is 4.77. The molecule has 10 heavy (non-hydrogen) atoms. The Kier molecular flexibility index (Phi) is 3.68. The average Bonchev–Trinajstić information content (AvgIpc) is 1.84. The van der Waals surface area contributed by atoms with Gasteiger partial charge >= 0.3 is 0 Å². The van der Waals surface area contributed by atoms with Gasteiger partial charge in [0.15, 0.2) is 12.3 Å². The second-order valence-electron chi connectivity index (χ2n) is 2.24. The predicted octanol–water partition coefficient (Wildman–Crippen LogP) is 2.38. The molecule has 0 aromatic rings. The lowest BCUT2D eigenvalue weighted by Gasteiger charge is -2.14. The van der Waals surface area contributed by atoms with Crippen molar-refractivity contribution < 1.29 is 17.6 Å². The van der Waals surface area contributed by atoms with Crippen molar-refractivity contribution in [3.8, 4) is 0 Å². The van der Waals surface area contributed by atoms with E-state index in [2.05, 4.69) is 0 Å². The van der Waals surface area contributed by atoms with Gasteiger partial charge in [-0.25, -0.2) is 17.6 Å². The number of halogens is 4. The molecule has 0 aliphatic carbocycles. The molecule has 0 saturated heterocycles. The van der Waals surface area contributed by atoms with Crippen LogP contribution in [0.5, 0.6) is 0 Å². The molecule has 0 rings (SSSR count). The minimum atomic E-state index is -2.35. The molecule has 0 radical (unpaired) electrons. The van der Waals surface area contributed by atoms with E-state index in [0.717, 1.165) is 13.8 Å². The van der Waals surface area contributed by atoms with E-state index in [1.165, 1.54) is 0 Å². The normalized spacial score (nSPS) is 23.4. The van der Waals surface area contributed by atoms with Crippen LogP contribution in [0, 0.1) is 0 Å². The smallest absolute Gasteiger partial charge is 0.165 e. The van der Waals surface area contributed by atoms with E-state index >= 15 is 0 Å². The number of hydrogen-bond acceptors (Lipinski definition) is 0. The van der Waals surface area contributed by atoms with Crippen LogP contribution in [0.3, 0.4) is 0 Å². The summed E-state index contributed by atoms with van der Waals surface area (Å²) in [5.41, 5.74) is 0. The lowest BCUT2D eigenvalue weighted by Crippen LogP contribution is -2.32. The van der Waals surface area contributed by atoms with Crippen LogP contribution in [0.4, 0.5) is 17.6 Å². The molecule has 0 amide bonds. The van der Waals surface area contributed by atoms with E-state index in [9.17, 15) is 17.6 Å². The highest BCUT2D eigenvalue weighted by Gasteiger charge is 2.31. The van der Waals surface area contributed by atoms with Crippen LogP contribution in [0.2, 0.25) is 0 Å². The van der Waals surface area contributed by atoms with Gasteiger partial charge in [0.2, 0.25) is 0 Å². The molecule has 4 unspecified atom stereocenters. The molecule has 0 bridgehead atoms. The van der Waals surface area contributed by atoms with Crippen molar-refractivity contribution in [1.29, 1.82) is 0 Å². The maximum absolute atomic E-state index is 12.2. The van der Waals surface area contributed by atoms with Gasteiger partial charge in [-0.15, -0.1) is 0 Å². The van der Waals surface area contributed by atoms with E-state index in [1.807, 2.05) is 0 Å². The topological polar surface area (TPSA) is 0 Å². The summed E-state index contributed by atoms with van der Waals surface area (Å²) in [6.45, 7) is 1.72. The molecular weight excluding hydrogens is 148 g/mol. The van der Waals surface area contributed by atoms with E-state index < -0.39 is 24.7 Å². The first-order valence-electron chi connectivity index (χ1n) is 3.03. The van der Waals surface area contributed by atoms with Crippen molar-refractivity contribution in [2.24, 2.45) is 0 Å². The molecule has 0 aromatic heterocycles. The molecule has 4 heteroatoms. The highest BCUT2D eigenvalue weighted by atomic mass is 19.2. The van der Waals surface area contributed by atoms with Gasteiger partial charge in [-0.3, -0.25) is 0 Å². The quantitative estimate of drug-likeness (QED) is 0.553. The van der Waals surface area contributed by atoms with Gasteiger partial charge in [0.1, 0.15) is 12.3 Å². The summed E-state index contributed by atoms with van der Waals surface area (Å²) in [7, 11) is 0. The monoisotopic (exact) mass is 158 g/mol. The highest BCUT2D eigenvalue weighted by Crippen LogP contribution is 2.16. The second kappa shape index (κ2) is 3.78. The van der Waals surface area contributed by atoms with Crippen LogP contribution in [0.15, 0.2) is 0 Å². The Bertz CT molecular complexity index is 79.7. The summed E-state index contributed by atoms with van der Waals surface area (Å²) >= 11 is 0. The first kappa shape index (κ1) is 9.72. The summed E-state index contributed by atoms with van der Waals surface area (Å²) < 4.78 is 48.2. The van der Waals surface area contributed by atoms with Gasteiger partial charge in [-0.05, 0) is 13.8 Å². The zero-order valence-electron chi connectivity index (χ0n) is 5.82. The van der Waals surface area contributed by atoms with Gasteiger partial charge < -0.3 is 0 Å². The minimum Gasteiger partial charge on any atom is -0.244 e. The number of rotatable bonds is 3. The largest absolute Gasteiger partial charge is 0.244 e. The van der Waals surface area contributed by atoms with Gasteiger partial charge in [-0.2, -0.15) is 0 Å². The molecule has 0 heterocycles. The Morgan fingerprint density at radius 1 is 0.700 bits per heavy atom. The van der Waals surface area contributed by atoms with Crippen LogP contribution in [0.25, 0.3) is 0 Å². The molecule has 0 nitrogen and oxygen atoms in total. The summed E-state index contributed by atoms with van der Waals surface area (Å²) in [6, 6.07) is 0. The van der Waals surface area contributed by atoms with Crippen molar-refractivity contribution in [3.63, 3.8) is 0 Å². The Morgan fingerprint density at radius 3 is 1.00 bits per heavy atom. The Morgan fingerprint density at radius 2 is 0.900 bits per heavy atom. The second-order valence-corrected chi connectivity index (χ2v) is 2.24. The van der Waals surface area contributed by atoms with Gasteiger partial charge in [0.25, 0.3) is 0 Å². The first-order chi connectivity index (χ1) is 4.46. The predicted molar refractivity (Wildman–Crippen MR) is 30.9 cm³/mol. The lowest BCUT2D eigenvalue weighted by atomic mass is 10.1. The molecule has 0 aromatic carbocycles. The maximum Gasteiger partial charge on any atom is 0.165 e. The third-order valence-corrected chi connectivity index (χ3v) is 1.18. The van der Waals surface area contributed by atoms with Gasteiger partial charge in [0.05, 0.1) is 0 Å². The molecule has 0 aliphatic rings. The van der Waals surface area contributed by atoms with Crippen molar-refractivity contribution in [2.45, 2.75) is 38.5 Å². The van der Waals surface area contributed by atoms with Crippen LogP contribution >= 0.6 is 0 Å². The van der Waals surface area contributed by atoms with Crippen LogP contribution in [-0.4, -0.2) is 24.7 Å². The summed E-state index contributed by atoms with van der Waals surface area (Å²) in [5, 5.41) is 0. The summed E-state index contributed by atoms with van der Waals surface area (Å²) in [6.07, 6.45) is -8.60. The molecule has 62 valence electrons. The van der Waals surface area contributed by atoms with E-state index in [1.54, 1.807) is 0 Å². The molecule has 4 atom stereocenters. The van der Waals surface area contributed by atoms with Crippen molar-refractivity contribution in [3.05, 3.63) is 0 Å². The molecule has 0 N–H and O–H groups in total. The zero-order valence-corrected chi connectivity index (χ0v) is 5.82. The number of hydrogen-bond donors (Lipinski definition) is 0. The molecule has 0 fully saturated rings. The Hall–Kier alpha value is -0.280. The van der Waals surface area contributed by atoms with Gasteiger partial charge in [-0.1, -0.05) is 0 Å². The van der Waals surface area contributed by atoms with Gasteiger partial charge in [0, 0.05) is 0 Å². The fraction of sp³-hybridized carbons (Fsp3) is 1.00. The van der Waals surface area contributed by atoms with E-state index in [0.29, 0.717) is 0 Å².